The lowest BCUT2D eigenvalue weighted by Gasteiger charge is -2.41. The van der Waals surface area contributed by atoms with E-state index in [0.29, 0.717) is 63.8 Å². The number of piperidine rings is 1. The molecule has 1 aromatic heterocycles. The average molecular weight is 484 g/mol. The van der Waals surface area contributed by atoms with Crippen LogP contribution in [-0.4, -0.2) is 64.6 Å². The molecule has 1 saturated heterocycles. The Kier molecular flexibility index (Phi) is 8.38. The standard InChI is InChI=1S/C26H37N5O4/c1-20(2)18-35-23-7-5-21(6-8-23)24(32)30-14-10-26(11-15-30)9-3-4-13-31-17-22(28-29-31)19-34-16-12-27-25(26)33/h5-8,17,20H,3-4,9-16,18-19H2,1-2H3,(H,27,33). The molecule has 1 spiro atoms. The molecule has 1 N–H and O–H groups in total. The van der Waals surface area contributed by atoms with E-state index in [9.17, 15) is 9.59 Å². The van der Waals surface area contributed by atoms with Crippen molar-refractivity contribution in [1.29, 1.82) is 0 Å². The van der Waals surface area contributed by atoms with E-state index in [-0.39, 0.29) is 11.8 Å². The minimum Gasteiger partial charge on any atom is -0.493 e. The Balaban J connectivity index is 1.35. The number of hydrogen-bond donors (Lipinski definition) is 1. The predicted octanol–water partition coefficient (Wildman–Crippen LogP) is 3.05. The second kappa shape index (κ2) is 11.7. The number of likely N-dealkylation sites (tertiary alicyclic amines) is 1. The van der Waals surface area contributed by atoms with Gasteiger partial charge in [-0.25, -0.2) is 0 Å². The third-order valence-electron chi connectivity index (χ3n) is 6.83. The zero-order chi connectivity index (χ0) is 24.7. The van der Waals surface area contributed by atoms with Crippen LogP contribution in [0.25, 0.3) is 0 Å². The molecule has 2 amide bonds. The largest absolute Gasteiger partial charge is 0.493 e. The monoisotopic (exact) mass is 483 g/mol. The first-order valence-electron chi connectivity index (χ1n) is 12.7. The van der Waals surface area contributed by atoms with E-state index in [1.165, 1.54) is 0 Å². The Bertz CT molecular complexity index is 980. The summed E-state index contributed by atoms with van der Waals surface area (Å²) in [4.78, 5) is 28.2. The molecule has 0 radical (unpaired) electrons. The zero-order valence-corrected chi connectivity index (χ0v) is 20.9. The first kappa shape index (κ1) is 25.2. The molecule has 0 atom stereocenters. The van der Waals surface area contributed by atoms with Crippen molar-refractivity contribution in [3.05, 3.63) is 41.7 Å². The summed E-state index contributed by atoms with van der Waals surface area (Å²) in [6.45, 7) is 8.04. The van der Waals surface area contributed by atoms with Crippen LogP contribution in [-0.2, 0) is 22.7 Å². The molecule has 4 rings (SSSR count). The smallest absolute Gasteiger partial charge is 0.253 e. The summed E-state index contributed by atoms with van der Waals surface area (Å²) in [5.41, 5.74) is 1.00. The lowest BCUT2D eigenvalue weighted by atomic mass is 9.73. The molecule has 9 heteroatoms. The van der Waals surface area contributed by atoms with Crippen LogP contribution in [0.2, 0.25) is 0 Å². The van der Waals surface area contributed by atoms with Crippen LogP contribution in [0.3, 0.4) is 0 Å². The second-order valence-corrected chi connectivity index (χ2v) is 10.0. The van der Waals surface area contributed by atoms with Crippen molar-refractivity contribution in [3.8, 4) is 5.75 Å². The number of rotatable bonds is 4. The molecule has 9 nitrogen and oxygen atoms in total. The number of aromatic nitrogens is 3. The highest BCUT2D eigenvalue weighted by Gasteiger charge is 2.41. The van der Waals surface area contributed by atoms with Crippen molar-refractivity contribution >= 4 is 11.8 Å². The van der Waals surface area contributed by atoms with Gasteiger partial charge < -0.3 is 19.7 Å². The third-order valence-corrected chi connectivity index (χ3v) is 6.83. The summed E-state index contributed by atoms with van der Waals surface area (Å²) in [5.74, 6) is 1.30. The summed E-state index contributed by atoms with van der Waals surface area (Å²) < 4.78 is 13.2. The first-order chi connectivity index (χ1) is 16.9. The van der Waals surface area contributed by atoms with E-state index in [2.05, 4.69) is 29.5 Å². The maximum atomic E-state index is 13.3. The van der Waals surface area contributed by atoms with Crippen LogP contribution in [0.15, 0.2) is 30.5 Å². The number of nitrogens with zero attached hydrogens (tertiary/aromatic N) is 4. The fraction of sp³-hybridized carbons (Fsp3) is 0.615. The average Bonchev–Trinajstić information content (AvgIpc) is 3.32. The molecule has 3 heterocycles. The van der Waals surface area contributed by atoms with Gasteiger partial charge in [0.15, 0.2) is 0 Å². The summed E-state index contributed by atoms with van der Waals surface area (Å²) >= 11 is 0. The fourth-order valence-corrected chi connectivity index (χ4v) is 4.72. The number of amides is 2. The Morgan fingerprint density at radius 3 is 2.66 bits per heavy atom. The van der Waals surface area contributed by atoms with Crippen LogP contribution < -0.4 is 10.1 Å². The predicted molar refractivity (Wildman–Crippen MR) is 131 cm³/mol. The van der Waals surface area contributed by atoms with E-state index in [4.69, 9.17) is 9.47 Å². The van der Waals surface area contributed by atoms with Crippen LogP contribution >= 0.6 is 0 Å². The fourth-order valence-electron chi connectivity index (χ4n) is 4.72. The minimum atomic E-state index is -0.455. The first-order valence-corrected chi connectivity index (χ1v) is 12.7. The molecule has 0 unspecified atom stereocenters. The van der Waals surface area contributed by atoms with Gasteiger partial charge in [-0.15, -0.1) is 5.10 Å². The van der Waals surface area contributed by atoms with E-state index in [1.54, 1.807) is 0 Å². The van der Waals surface area contributed by atoms with Gasteiger partial charge in [0.25, 0.3) is 5.91 Å². The number of hydrogen-bond acceptors (Lipinski definition) is 6. The number of fused-ring (bicyclic) bond motifs is 2. The Morgan fingerprint density at radius 1 is 1.14 bits per heavy atom. The van der Waals surface area contributed by atoms with Crippen LogP contribution in [0.4, 0.5) is 0 Å². The summed E-state index contributed by atoms with van der Waals surface area (Å²) in [7, 11) is 0. The number of carbonyl (C=O) groups excluding carboxylic acids is 2. The molecule has 35 heavy (non-hydrogen) atoms. The molecule has 1 fully saturated rings. The SMILES string of the molecule is CC(C)COc1ccc(C(=O)N2CCC3(CCCCn4cc(nn4)COCCNC3=O)CC2)cc1. The third kappa shape index (κ3) is 6.60. The van der Waals surface area contributed by atoms with Gasteiger partial charge in [-0.2, -0.15) is 0 Å². The summed E-state index contributed by atoms with van der Waals surface area (Å²) in [6.07, 6.45) is 5.89. The van der Waals surface area contributed by atoms with Gasteiger partial charge in [-0.3, -0.25) is 14.3 Å². The molecule has 0 aliphatic carbocycles. The molecule has 2 bridgehead atoms. The Hall–Kier alpha value is -2.94. The number of carbonyl (C=O) groups is 2. The van der Waals surface area contributed by atoms with Crippen molar-refractivity contribution in [2.45, 2.75) is 59.1 Å². The van der Waals surface area contributed by atoms with Crippen LogP contribution in [0.5, 0.6) is 5.75 Å². The Labute approximate surface area is 207 Å². The minimum absolute atomic E-state index is 0.00643. The Morgan fingerprint density at radius 2 is 1.91 bits per heavy atom. The summed E-state index contributed by atoms with van der Waals surface area (Å²) in [5, 5.41) is 11.4. The lowest BCUT2D eigenvalue weighted by molar-refractivity contribution is -0.134. The quantitative estimate of drug-likeness (QED) is 0.718. The van der Waals surface area contributed by atoms with E-state index < -0.39 is 5.41 Å². The highest BCUT2D eigenvalue weighted by Crippen LogP contribution is 2.37. The van der Waals surface area contributed by atoms with Gasteiger partial charge in [-0.1, -0.05) is 25.5 Å². The molecule has 2 aromatic rings. The van der Waals surface area contributed by atoms with Gasteiger partial charge in [-0.05, 0) is 55.9 Å². The maximum absolute atomic E-state index is 13.3. The molecule has 2 aliphatic rings. The topological polar surface area (TPSA) is 98.6 Å². The highest BCUT2D eigenvalue weighted by molar-refractivity contribution is 5.94. The van der Waals surface area contributed by atoms with Crippen molar-refractivity contribution in [1.82, 2.24) is 25.2 Å². The van der Waals surface area contributed by atoms with Gasteiger partial charge in [0.2, 0.25) is 5.91 Å². The number of ether oxygens (including phenoxy) is 2. The van der Waals surface area contributed by atoms with Gasteiger partial charge >= 0.3 is 0 Å². The molecular weight excluding hydrogens is 446 g/mol. The van der Waals surface area contributed by atoms with Gasteiger partial charge in [0.05, 0.1) is 31.4 Å². The molecule has 1 aromatic carbocycles. The van der Waals surface area contributed by atoms with Crippen molar-refractivity contribution in [3.63, 3.8) is 0 Å². The lowest BCUT2D eigenvalue weighted by Crippen LogP contribution is -2.50. The number of aryl methyl sites for hydroxylation is 1. The normalized spacial score (nSPS) is 19.3. The molecular formula is C26H37N5O4. The molecule has 0 saturated carbocycles. The molecule has 2 aliphatic heterocycles. The van der Waals surface area contributed by atoms with Crippen molar-refractivity contribution in [2.24, 2.45) is 11.3 Å². The van der Waals surface area contributed by atoms with E-state index in [0.717, 1.165) is 37.3 Å². The highest BCUT2D eigenvalue weighted by atomic mass is 16.5. The van der Waals surface area contributed by atoms with Gasteiger partial charge in [0, 0.05) is 31.7 Å². The van der Waals surface area contributed by atoms with Crippen molar-refractivity contribution < 1.29 is 19.1 Å². The summed E-state index contributed by atoms with van der Waals surface area (Å²) in [6, 6.07) is 7.36. The van der Waals surface area contributed by atoms with E-state index in [1.807, 2.05) is 40.0 Å². The maximum Gasteiger partial charge on any atom is 0.253 e. The number of nitrogens with one attached hydrogen (secondary N) is 1. The zero-order valence-electron chi connectivity index (χ0n) is 20.9. The van der Waals surface area contributed by atoms with Crippen molar-refractivity contribution in [2.75, 3.05) is 32.8 Å². The second-order valence-electron chi connectivity index (χ2n) is 10.0. The van der Waals surface area contributed by atoms with Crippen LogP contribution in [0.1, 0.15) is 62.0 Å². The van der Waals surface area contributed by atoms with Gasteiger partial charge in [0.1, 0.15) is 11.4 Å². The van der Waals surface area contributed by atoms with Crippen LogP contribution in [0, 0.1) is 11.3 Å². The number of benzene rings is 1. The van der Waals surface area contributed by atoms with E-state index >= 15 is 0 Å². The molecule has 190 valence electrons.